The molecule has 0 aliphatic heterocycles. The van der Waals surface area contributed by atoms with Crippen LogP contribution in [0.15, 0.2) is 36.4 Å². The zero-order valence-corrected chi connectivity index (χ0v) is 11.7. The zero-order chi connectivity index (χ0) is 14.4. The Hall–Kier alpha value is -2.09. The van der Waals surface area contributed by atoms with Crippen molar-refractivity contribution < 1.29 is 9.47 Å². The molecule has 20 heavy (non-hydrogen) atoms. The van der Waals surface area contributed by atoms with Crippen LogP contribution in [0, 0.1) is 11.3 Å². The SMILES string of the molecule is COCCNC(C#N)c1ccc2cc(OC)ccc2c1. The molecule has 1 atom stereocenters. The standard InChI is InChI=1S/C16H18N2O2/c1-19-8-7-18-16(11-17)14-4-3-13-10-15(20-2)6-5-12(13)9-14/h3-6,9-10,16,18H,7-8H2,1-2H3. The Morgan fingerprint density at radius 1 is 1.15 bits per heavy atom. The van der Waals surface area contributed by atoms with Crippen LogP contribution in [0.5, 0.6) is 5.75 Å². The fourth-order valence-electron chi connectivity index (χ4n) is 2.09. The highest BCUT2D eigenvalue weighted by Crippen LogP contribution is 2.24. The quantitative estimate of drug-likeness (QED) is 0.820. The summed E-state index contributed by atoms with van der Waals surface area (Å²) in [5, 5.41) is 14.6. The van der Waals surface area contributed by atoms with Crippen molar-refractivity contribution in [1.29, 1.82) is 5.26 Å². The maximum Gasteiger partial charge on any atom is 0.121 e. The number of nitriles is 1. The monoisotopic (exact) mass is 270 g/mol. The Morgan fingerprint density at radius 2 is 1.90 bits per heavy atom. The number of hydrogen-bond donors (Lipinski definition) is 1. The molecule has 1 N–H and O–H groups in total. The van der Waals surface area contributed by atoms with Crippen LogP contribution >= 0.6 is 0 Å². The second-order valence-electron chi connectivity index (χ2n) is 4.48. The van der Waals surface area contributed by atoms with Crippen molar-refractivity contribution in [3.05, 3.63) is 42.0 Å². The molecule has 0 radical (unpaired) electrons. The summed E-state index contributed by atoms with van der Waals surface area (Å²) in [5.74, 6) is 0.834. The van der Waals surface area contributed by atoms with Gasteiger partial charge >= 0.3 is 0 Å². The summed E-state index contributed by atoms with van der Waals surface area (Å²) < 4.78 is 10.2. The van der Waals surface area contributed by atoms with E-state index in [-0.39, 0.29) is 6.04 Å². The van der Waals surface area contributed by atoms with Crippen LogP contribution in [0.1, 0.15) is 11.6 Å². The van der Waals surface area contributed by atoms with Crippen LogP contribution in [0.25, 0.3) is 10.8 Å². The molecule has 4 heteroatoms. The molecule has 2 aromatic rings. The van der Waals surface area contributed by atoms with Crippen LogP contribution in [0.3, 0.4) is 0 Å². The predicted octanol–water partition coefficient (Wildman–Crippen LogP) is 2.65. The van der Waals surface area contributed by atoms with E-state index in [0.29, 0.717) is 13.2 Å². The number of rotatable bonds is 6. The predicted molar refractivity (Wildman–Crippen MR) is 78.7 cm³/mol. The number of nitrogens with zero attached hydrogens (tertiary/aromatic N) is 1. The van der Waals surface area contributed by atoms with Gasteiger partial charge in [-0.25, -0.2) is 0 Å². The van der Waals surface area contributed by atoms with Gasteiger partial charge in [-0.3, -0.25) is 5.32 Å². The summed E-state index contributed by atoms with van der Waals surface area (Å²) in [6.07, 6.45) is 0. The van der Waals surface area contributed by atoms with Gasteiger partial charge in [-0.15, -0.1) is 0 Å². The maximum absolute atomic E-state index is 9.26. The fourth-order valence-corrected chi connectivity index (χ4v) is 2.09. The third kappa shape index (κ3) is 3.27. The highest BCUT2D eigenvalue weighted by Gasteiger charge is 2.10. The second kappa shape index (κ2) is 6.90. The lowest BCUT2D eigenvalue weighted by Crippen LogP contribution is -2.23. The largest absolute Gasteiger partial charge is 0.497 e. The first kappa shape index (κ1) is 14.3. The van der Waals surface area contributed by atoms with E-state index in [2.05, 4.69) is 11.4 Å². The average molecular weight is 270 g/mol. The average Bonchev–Trinajstić information content (AvgIpc) is 2.50. The molecule has 0 fully saturated rings. The Kier molecular flexibility index (Phi) is 4.94. The van der Waals surface area contributed by atoms with Crippen molar-refractivity contribution in [1.82, 2.24) is 5.32 Å². The van der Waals surface area contributed by atoms with E-state index in [1.165, 1.54) is 0 Å². The van der Waals surface area contributed by atoms with Crippen molar-refractivity contribution in [3.8, 4) is 11.8 Å². The van der Waals surface area contributed by atoms with E-state index < -0.39 is 0 Å². The third-order valence-corrected chi connectivity index (χ3v) is 3.19. The van der Waals surface area contributed by atoms with E-state index in [1.54, 1.807) is 14.2 Å². The van der Waals surface area contributed by atoms with E-state index in [4.69, 9.17) is 9.47 Å². The number of hydrogen-bond acceptors (Lipinski definition) is 4. The highest BCUT2D eigenvalue weighted by molar-refractivity contribution is 5.84. The van der Waals surface area contributed by atoms with Crippen molar-refractivity contribution in [2.75, 3.05) is 27.4 Å². The lowest BCUT2D eigenvalue weighted by atomic mass is 10.0. The molecule has 0 amide bonds. The zero-order valence-electron chi connectivity index (χ0n) is 11.7. The number of ether oxygens (including phenoxy) is 2. The second-order valence-corrected chi connectivity index (χ2v) is 4.48. The van der Waals surface area contributed by atoms with Gasteiger partial charge < -0.3 is 9.47 Å². The molecule has 0 saturated heterocycles. The van der Waals surface area contributed by atoms with Gasteiger partial charge in [0.05, 0.1) is 19.8 Å². The highest BCUT2D eigenvalue weighted by atomic mass is 16.5. The van der Waals surface area contributed by atoms with Gasteiger partial charge in [-0.2, -0.15) is 5.26 Å². The number of nitrogens with one attached hydrogen (secondary N) is 1. The molecular formula is C16H18N2O2. The Morgan fingerprint density at radius 3 is 2.60 bits per heavy atom. The lowest BCUT2D eigenvalue weighted by molar-refractivity contribution is 0.198. The summed E-state index contributed by atoms with van der Waals surface area (Å²) in [4.78, 5) is 0. The minimum Gasteiger partial charge on any atom is -0.497 e. The van der Waals surface area contributed by atoms with Crippen LogP contribution in [0.4, 0.5) is 0 Å². The number of benzene rings is 2. The van der Waals surface area contributed by atoms with Gasteiger partial charge in [0.2, 0.25) is 0 Å². The van der Waals surface area contributed by atoms with Gasteiger partial charge in [0.15, 0.2) is 0 Å². The van der Waals surface area contributed by atoms with Crippen molar-refractivity contribution in [2.24, 2.45) is 0 Å². The topological polar surface area (TPSA) is 54.3 Å². The van der Waals surface area contributed by atoms with Crippen molar-refractivity contribution in [2.45, 2.75) is 6.04 Å². The van der Waals surface area contributed by atoms with Crippen LogP contribution < -0.4 is 10.1 Å². The van der Waals surface area contributed by atoms with Gasteiger partial charge in [0, 0.05) is 13.7 Å². The normalized spacial score (nSPS) is 12.1. The first-order valence-corrected chi connectivity index (χ1v) is 6.48. The molecule has 0 heterocycles. The third-order valence-electron chi connectivity index (χ3n) is 3.19. The van der Waals surface area contributed by atoms with Crippen LogP contribution in [-0.2, 0) is 4.74 Å². The van der Waals surface area contributed by atoms with Crippen LogP contribution in [0.2, 0.25) is 0 Å². The smallest absolute Gasteiger partial charge is 0.121 e. The first-order chi connectivity index (χ1) is 9.78. The lowest BCUT2D eigenvalue weighted by Gasteiger charge is -2.12. The van der Waals surface area contributed by atoms with Crippen LogP contribution in [-0.4, -0.2) is 27.4 Å². The van der Waals surface area contributed by atoms with E-state index in [1.807, 2.05) is 36.4 Å². The molecule has 2 rings (SSSR count). The molecule has 2 aromatic carbocycles. The molecule has 0 bridgehead atoms. The minimum absolute atomic E-state index is 0.323. The molecule has 0 aromatic heterocycles. The summed E-state index contributed by atoms with van der Waals surface area (Å²) in [6, 6.07) is 13.9. The van der Waals surface area contributed by atoms with E-state index in [9.17, 15) is 5.26 Å². The summed E-state index contributed by atoms with van der Waals surface area (Å²) >= 11 is 0. The molecule has 1 unspecified atom stereocenters. The van der Waals surface area contributed by atoms with E-state index >= 15 is 0 Å². The number of methoxy groups -OCH3 is 2. The summed E-state index contributed by atoms with van der Waals surface area (Å²) in [6.45, 7) is 1.23. The fraction of sp³-hybridized carbons (Fsp3) is 0.312. The Labute approximate surface area is 118 Å². The van der Waals surface area contributed by atoms with Gasteiger partial charge in [0.1, 0.15) is 11.8 Å². The molecule has 0 spiro atoms. The van der Waals surface area contributed by atoms with Crippen molar-refractivity contribution in [3.63, 3.8) is 0 Å². The maximum atomic E-state index is 9.26. The molecule has 0 aliphatic carbocycles. The Bertz CT molecular complexity index is 619. The molecule has 0 aliphatic rings. The minimum atomic E-state index is -0.323. The van der Waals surface area contributed by atoms with Gasteiger partial charge in [0.25, 0.3) is 0 Å². The van der Waals surface area contributed by atoms with Gasteiger partial charge in [-0.1, -0.05) is 18.2 Å². The van der Waals surface area contributed by atoms with Crippen molar-refractivity contribution >= 4 is 10.8 Å². The molecule has 0 saturated carbocycles. The first-order valence-electron chi connectivity index (χ1n) is 6.48. The molecule has 104 valence electrons. The molecular weight excluding hydrogens is 252 g/mol. The summed E-state index contributed by atoms with van der Waals surface area (Å²) in [7, 11) is 3.30. The van der Waals surface area contributed by atoms with Gasteiger partial charge in [-0.05, 0) is 34.5 Å². The number of fused-ring (bicyclic) bond motifs is 1. The van der Waals surface area contributed by atoms with E-state index in [0.717, 1.165) is 22.1 Å². The Balaban J connectivity index is 2.24. The summed E-state index contributed by atoms with van der Waals surface area (Å²) in [5.41, 5.74) is 0.960. The molecule has 4 nitrogen and oxygen atoms in total.